The maximum atomic E-state index is 13.5. The predicted molar refractivity (Wildman–Crippen MR) is 145 cm³/mol. The van der Waals surface area contributed by atoms with Crippen LogP contribution in [0.5, 0.6) is 0 Å². The van der Waals surface area contributed by atoms with Gasteiger partial charge >= 0.3 is 0 Å². The first-order valence-corrected chi connectivity index (χ1v) is 11.3. The topological polar surface area (TPSA) is 103 Å². The molecular weight excluding hydrogens is 467 g/mol. The molecule has 8 heteroatoms. The van der Waals surface area contributed by atoms with Gasteiger partial charge in [-0.2, -0.15) is 5.26 Å². The summed E-state index contributed by atoms with van der Waals surface area (Å²) in [6, 6.07) is 25.8. The molecule has 0 unspecified atom stereocenters. The molecule has 37 heavy (non-hydrogen) atoms. The first kappa shape index (κ1) is 24.8. The second kappa shape index (κ2) is 11.9. The van der Waals surface area contributed by atoms with Crippen molar-refractivity contribution in [3.63, 3.8) is 0 Å². The van der Waals surface area contributed by atoms with Gasteiger partial charge in [0.1, 0.15) is 5.82 Å². The lowest BCUT2D eigenvalue weighted by molar-refractivity contribution is -0.105. The summed E-state index contributed by atoms with van der Waals surface area (Å²) in [7, 11) is 0. The third-order valence-corrected chi connectivity index (χ3v) is 5.35. The fraction of sp³-hybridized carbons (Fsp3) is 0.0345. The lowest BCUT2D eigenvalue weighted by Crippen LogP contribution is -1.98. The number of nitrogens with one attached hydrogen (secondary N) is 3. The molecule has 0 aliphatic rings. The molecule has 0 spiro atoms. The summed E-state index contributed by atoms with van der Waals surface area (Å²) in [4.78, 5) is 18.4. The first-order chi connectivity index (χ1) is 18.1. The lowest BCUT2D eigenvalue weighted by atomic mass is 10.1. The molecule has 182 valence electrons. The molecule has 0 aliphatic carbocycles. The largest absolute Gasteiger partial charge is 0.355 e. The smallest absolute Gasteiger partial charge is 0.211 e. The molecular formula is C29H23FN6O. The van der Waals surface area contributed by atoms with Crippen molar-refractivity contribution in [1.29, 1.82) is 5.26 Å². The van der Waals surface area contributed by atoms with Gasteiger partial charge < -0.3 is 16.0 Å². The van der Waals surface area contributed by atoms with E-state index in [1.54, 1.807) is 42.9 Å². The molecule has 0 atom stereocenters. The van der Waals surface area contributed by atoms with Crippen LogP contribution in [0, 0.1) is 24.1 Å². The number of carbonyl (C=O) groups is 1. The van der Waals surface area contributed by atoms with Crippen LogP contribution in [-0.2, 0) is 4.79 Å². The second-order valence-electron chi connectivity index (χ2n) is 8.01. The highest BCUT2D eigenvalue weighted by molar-refractivity contribution is 5.93. The molecule has 0 saturated carbocycles. The van der Waals surface area contributed by atoms with Crippen molar-refractivity contribution >= 4 is 45.7 Å². The summed E-state index contributed by atoms with van der Waals surface area (Å²) in [6.07, 6.45) is 5.49. The van der Waals surface area contributed by atoms with Crippen molar-refractivity contribution in [1.82, 2.24) is 9.97 Å². The van der Waals surface area contributed by atoms with Gasteiger partial charge in [-0.3, -0.25) is 14.8 Å². The Morgan fingerprint density at radius 3 is 2.24 bits per heavy atom. The van der Waals surface area contributed by atoms with Crippen LogP contribution in [0.15, 0.2) is 97.5 Å². The van der Waals surface area contributed by atoms with Gasteiger partial charge in [0.15, 0.2) is 0 Å². The average Bonchev–Trinajstić information content (AvgIpc) is 2.92. The van der Waals surface area contributed by atoms with E-state index in [2.05, 4.69) is 51.0 Å². The van der Waals surface area contributed by atoms with Crippen LogP contribution in [0.25, 0.3) is 10.9 Å². The summed E-state index contributed by atoms with van der Waals surface area (Å²) in [5.74, 6) is -0.490. The van der Waals surface area contributed by atoms with Crippen molar-refractivity contribution in [3.8, 4) is 6.07 Å². The third kappa shape index (κ3) is 6.65. The Balaban J connectivity index is 0.000000176. The highest BCUT2D eigenvalue weighted by Crippen LogP contribution is 2.26. The molecule has 5 rings (SSSR count). The number of anilines is 5. The minimum Gasteiger partial charge on any atom is -0.355 e. The minimum absolute atomic E-state index is 0.153. The number of aryl methyl sites for hydroxylation is 1. The second-order valence-corrected chi connectivity index (χ2v) is 8.01. The Hall–Kier alpha value is -5.29. The van der Waals surface area contributed by atoms with Gasteiger partial charge in [-0.25, -0.2) is 4.39 Å². The van der Waals surface area contributed by atoms with Gasteiger partial charge in [-0.1, -0.05) is 17.7 Å². The van der Waals surface area contributed by atoms with Gasteiger partial charge in [0.25, 0.3) is 0 Å². The Morgan fingerprint density at radius 2 is 1.54 bits per heavy atom. The maximum absolute atomic E-state index is 13.5. The van der Waals surface area contributed by atoms with Crippen molar-refractivity contribution in [2.24, 2.45) is 0 Å². The molecule has 2 heterocycles. The molecule has 7 nitrogen and oxygen atoms in total. The number of pyridine rings is 2. The summed E-state index contributed by atoms with van der Waals surface area (Å²) in [5.41, 5.74) is 6.28. The Bertz CT molecular complexity index is 1550. The number of nitriles is 1. The molecule has 0 fully saturated rings. The van der Waals surface area contributed by atoms with Crippen molar-refractivity contribution < 1.29 is 9.18 Å². The van der Waals surface area contributed by atoms with Crippen LogP contribution in [-0.4, -0.2) is 16.4 Å². The number of benzene rings is 3. The van der Waals surface area contributed by atoms with Crippen LogP contribution in [0.3, 0.4) is 0 Å². The van der Waals surface area contributed by atoms with Crippen molar-refractivity contribution in [2.75, 3.05) is 16.0 Å². The quantitative estimate of drug-likeness (QED) is 0.229. The van der Waals surface area contributed by atoms with Crippen molar-refractivity contribution in [2.45, 2.75) is 6.92 Å². The fourth-order valence-corrected chi connectivity index (χ4v) is 3.49. The van der Waals surface area contributed by atoms with E-state index in [9.17, 15) is 9.18 Å². The molecule has 0 aliphatic heterocycles. The van der Waals surface area contributed by atoms with Gasteiger partial charge in [0.05, 0.1) is 22.8 Å². The molecule has 1 amide bonds. The van der Waals surface area contributed by atoms with E-state index in [0.717, 1.165) is 28.0 Å². The third-order valence-electron chi connectivity index (χ3n) is 5.35. The molecule has 3 aromatic carbocycles. The lowest BCUT2D eigenvalue weighted by Gasteiger charge is -2.10. The zero-order chi connectivity index (χ0) is 26.0. The average molecular weight is 491 g/mol. The van der Waals surface area contributed by atoms with Gasteiger partial charge in [-0.15, -0.1) is 0 Å². The summed E-state index contributed by atoms with van der Waals surface area (Å²) >= 11 is 0. The van der Waals surface area contributed by atoms with Crippen LogP contribution in [0.2, 0.25) is 0 Å². The molecule has 0 radical (unpaired) electrons. The number of rotatable bonds is 6. The SMILES string of the molecule is Cc1ccc(Nc2ccnc3ccc(C#N)cc23)cc1.O=CNc1ccc(Nc2ccncc2)cc1F. The first-order valence-electron chi connectivity index (χ1n) is 11.3. The van der Waals surface area contributed by atoms with E-state index in [4.69, 9.17) is 5.26 Å². The fourth-order valence-electron chi connectivity index (χ4n) is 3.49. The zero-order valence-electron chi connectivity index (χ0n) is 19.9. The highest BCUT2D eigenvalue weighted by atomic mass is 19.1. The summed E-state index contributed by atoms with van der Waals surface area (Å²) in [5, 5.41) is 18.6. The standard InChI is InChI=1S/C17H13N3.C12H10FN3O/c1-12-2-5-14(6-3-12)20-17-8-9-19-16-7-4-13(11-18)10-15(16)17;13-11-7-10(1-2-12(11)15-8-17)16-9-3-5-14-6-4-9/h2-10H,1H3,(H,19,20);1-8H,(H,14,16)(H,15,17). The van der Waals surface area contributed by atoms with E-state index in [-0.39, 0.29) is 5.69 Å². The van der Waals surface area contributed by atoms with E-state index in [1.165, 1.54) is 17.7 Å². The van der Waals surface area contributed by atoms with Crippen molar-refractivity contribution in [3.05, 3.63) is 114 Å². The number of hydrogen-bond donors (Lipinski definition) is 3. The minimum atomic E-state index is -0.490. The molecule has 2 aromatic heterocycles. The van der Waals surface area contributed by atoms with E-state index in [0.29, 0.717) is 17.7 Å². The van der Waals surface area contributed by atoms with Gasteiger partial charge in [-0.05, 0) is 73.7 Å². The normalized spacial score (nSPS) is 9.97. The molecule has 5 aromatic rings. The molecule has 3 N–H and O–H groups in total. The predicted octanol–water partition coefficient (Wildman–Crippen LogP) is 6.69. The van der Waals surface area contributed by atoms with Crippen LogP contribution in [0.1, 0.15) is 11.1 Å². The van der Waals surface area contributed by atoms with Gasteiger partial charge in [0.2, 0.25) is 6.41 Å². The Labute approximate surface area is 213 Å². The van der Waals surface area contributed by atoms with Crippen LogP contribution in [0.4, 0.5) is 32.8 Å². The maximum Gasteiger partial charge on any atom is 0.211 e. The van der Waals surface area contributed by atoms with E-state index < -0.39 is 5.82 Å². The zero-order valence-corrected chi connectivity index (χ0v) is 19.9. The summed E-state index contributed by atoms with van der Waals surface area (Å²) in [6.45, 7) is 2.06. The number of halogens is 1. The number of amides is 1. The number of nitrogens with zero attached hydrogens (tertiary/aromatic N) is 3. The van der Waals surface area contributed by atoms with E-state index in [1.807, 2.05) is 30.3 Å². The Kier molecular flexibility index (Phi) is 7.99. The number of carbonyl (C=O) groups excluding carboxylic acids is 1. The van der Waals surface area contributed by atoms with E-state index >= 15 is 0 Å². The monoisotopic (exact) mass is 490 g/mol. The number of hydrogen-bond acceptors (Lipinski definition) is 6. The van der Waals surface area contributed by atoms with Crippen LogP contribution >= 0.6 is 0 Å². The van der Waals surface area contributed by atoms with Gasteiger partial charge in [0, 0.05) is 46.7 Å². The van der Waals surface area contributed by atoms with Crippen LogP contribution < -0.4 is 16.0 Å². The molecule has 0 bridgehead atoms. The number of aromatic nitrogens is 2. The molecule has 0 saturated heterocycles. The highest BCUT2D eigenvalue weighted by Gasteiger charge is 2.04. The number of fused-ring (bicyclic) bond motifs is 1. The summed E-state index contributed by atoms with van der Waals surface area (Å²) < 4.78 is 13.5. The Morgan fingerprint density at radius 1 is 0.811 bits per heavy atom.